The van der Waals surface area contributed by atoms with Crippen molar-refractivity contribution >= 4 is 5.91 Å². The number of rotatable bonds is 6. The Labute approximate surface area is 151 Å². The quantitative estimate of drug-likeness (QED) is 0.849. The zero-order chi connectivity index (χ0) is 17.5. The van der Waals surface area contributed by atoms with Gasteiger partial charge in [-0.3, -0.25) is 9.69 Å². The standard InChI is InChI=1S/C20H31N3O2/c21-20(24)18-15-22(10-4-7-17-5-2-1-3-6-17)11-12-23(16-18)19-8-13-25-14-9-19/h1-3,5-6,18-19H,4,7-16H2,(H2,21,24). The van der Waals surface area contributed by atoms with E-state index in [-0.39, 0.29) is 11.8 Å². The van der Waals surface area contributed by atoms with E-state index in [9.17, 15) is 4.79 Å². The van der Waals surface area contributed by atoms with Gasteiger partial charge in [-0.2, -0.15) is 0 Å². The minimum atomic E-state index is -0.160. The number of aryl methyl sites for hydroxylation is 1. The maximum absolute atomic E-state index is 11.9. The molecule has 0 spiro atoms. The molecule has 0 aliphatic carbocycles. The minimum Gasteiger partial charge on any atom is -0.381 e. The van der Waals surface area contributed by atoms with Crippen molar-refractivity contribution in [2.75, 3.05) is 45.9 Å². The van der Waals surface area contributed by atoms with Crippen LogP contribution >= 0.6 is 0 Å². The Morgan fingerprint density at radius 3 is 2.60 bits per heavy atom. The van der Waals surface area contributed by atoms with Crippen LogP contribution in [0.1, 0.15) is 24.8 Å². The van der Waals surface area contributed by atoms with Crippen molar-refractivity contribution in [1.29, 1.82) is 0 Å². The molecule has 2 N–H and O–H groups in total. The summed E-state index contributed by atoms with van der Waals surface area (Å²) in [6.07, 6.45) is 4.34. The molecule has 0 saturated carbocycles. The molecule has 1 atom stereocenters. The van der Waals surface area contributed by atoms with Gasteiger partial charge in [0.2, 0.25) is 5.91 Å². The summed E-state index contributed by atoms with van der Waals surface area (Å²) in [5.41, 5.74) is 7.08. The molecule has 5 heteroatoms. The molecule has 3 rings (SSSR count). The number of hydrogen-bond donors (Lipinski definition) is 1. The summed E-state index contributed by atoms with van der Waals surface area (Å²) in [6.45, 7) is 6.35. The average Bonchev–Trinajstić information content (AvgIpc) is 2.86. The van der Waals surface area contributed by atoms with Crippen LogP contribution in [0.2, 0.25) is 0 Å². The third kappa shape index (κ3) is 5.53. The Hall–Kier alpha value is -1.43. The molecule has 2 fully saturated rings. The summed E-state index contributed by atoms with van der Waals surface area (Å²) in [7, 11) is 0. The van der Waals surface area contributed by atoms with E-state index in [1.807, 2.05) is 0 Å². The summed E-state index contributed by atoms with van der Waals surface area (Å²) in [6, 6.07) is 11.1. The lowest BCUT2D eigenvalue weighted by Crippen LogP contribution is -2.44. The molecule has 1 aromatic rings. The molecular weight excluding hydrogens is 314 g/mol. The Bertz CT molecular complexity index is 531. The van der Waals surface area contributed by atoms with Crippen LogP contribution in [0.3, 0.4) is 0 Å². The van der Waals surface area contributed by atoms with Crippen molar-refractivity contribution in [2.45, 2.75) is 31.7 Å². The third-order valence-electron chi connectivity index (χ3n) is 5.53. The molecule has 1 amide bonds. The lowest BCUT2D eigenvalue weighted by Gasteiger charge is -2.34. The highest BCUT2D eigenvalue weighted by molar-refractivity contribution is 5.77. The van der Waals surface area contributed by atoms with Crippen LogP contribution in [0.5, 0.6) is 0 Å². The summed E-state index contributed by atoms with van der Waals surface area (Å²) in [5, 5.41) is 0. The molecule has 1 unspecified atom stereocenters. The van der Waals surface area contributed by atoms with E-state index >= 15 is 0 Å². The van der Waals surface area contributed by atoms with Crippen LogP contribution in [0.25, 0.3) is 0 Å². The van der Waals surface area contributed by atoms with Gasteiger partial charge in [-0.1, -0.05) is 30.3 Å². The van der Waals surface area contributed by atoms with Crippen molar-refractivity contribution in [3.05, 3.63) is 35.9 Å². The van der Waals surface area contributed by atoms with Gasteiger partial charge in [0.1, 0.15) is 0 Å². The molecule has 0 bridgehead atoms. The fourth-order valence-electron chi connectivity index (χ4n) is 4.02. The second kappa shape index (κ2) is 9.32. The minimum absolute atomic E-state index is 0.0675. The topological polar surface area (TPSA) is 58.8 Å². The SMILES string of the molecule is NC(=O)C1CN(CCCc2ccccc2)CCN(C2CCOCC2)C1. The number of ether oxygens (including phenoxy) is 1. The first kappa shape index (κ1) is 18.4. The summed E-state index contributed by atoms with van der Waals surface area (Å²) in [5.74, 6) is -0.228. The largest absolute Gasteiger partial charge is 0.381 e. The Kier molecular flexibility index (Phi) is 6.84. The van der Waals surface area contributed by atoms with E-state index in [1.165, 1.54) is 5.56 Å². The normalized spacial score (nSPS) is 24.1. The van der Waals surface area contributed by atoms with Gasteiger partial charge in [0.25, 0.3) is 0 Å². The molecule has 5 nitrogen and oxygen atoms in total. The molecule has 138 valence electrons. The number of carbonyl (C=O) groups is 1. The summed E-state index contributed by atoms with van der Waals surface area (Å²) >= 11 is 0. The van der Waals surface area contributed by atoms with E-state index in [4.69, 9.17) is 10.5 Å². The average molecular weight is 345 g/mol. The Balaban J connectivity index is 1.53. The molecule has 25 heavy (non-hydrogen) atoms. The van der Waals surface area contributed by atoms with Crippen molar-refractivity contribution in [3.8, 4) is 0 Å². The number of primary amides is 1. The van der Waals surface area contributed by atoms with Gasteiger partial charge in [0.05, 0.1) is 5.92 Å². The molecule has 1 aromatic carbocycles. The van der Waals surface area contributed by atoms with Gasteiger partial charge >= 0.3 is 0 Å². The van der Waals surface area contributed by atoms with Crippen molar-refractivity contribution in [3.63, 3.8) is 0 Å². The van der Waals surface area contributed by atoms with Gasteiger partial charge in [-0.15, -0.1) is 0 Å². The molecule has 0 radical (unpaired) electrons. The zero-order valence-corrected chi connectivity index (χ0v) is 15.1. The molecular formula is C20H31N3O2. The van der Waals surface area contributed by atoms with E-state index in [1.54, 1.807) is 0 Å². The van der Waals surface area contributed by atoms with Crippen molar-refractivity contribution < 1.29 is 9.53 Å². The van der Waals surface area contributed by atoms with Gasteiger partial charge < -0.3 is 15.4 Å². The van der Waals surface area contributed by atoms with E-state index in [0.29, 0.717) is 6.04 Å². The van der Waals surface area contributed by atoms with Crippen LogP contribution in [0.15, 0.2) is 30.3 Å². The highest BCUT2D eigenvalue weighted by Crippen LogP contribution is 2.19. The van der Waals surface area contributed by atoms with Crippen LogP contribution in [0.4, 0.5) is 0 Å². The van der Waals surface area contributed by atoms with Gasteiger partial charge in [0, 0.05) is 45.4 Å². The number of nitrogens with two attached hydrogens (primary N) is 1. The Morgan fingerprint density at radius 1 is 1.12 bits per heavy atom. The van der Waals surface area contributed by atoms with Gasteiger partial charge in [-0.05, 0) is 37.8 Å². The summed E-state index contributed by atoms with van der Waals surface area (Å²) < 4.78 is 5.48. The first-order valence-electron chi connectivity index (χ1n) is 9.60. The lowest BCUT2D eigenvalue weighted by molar-refractivity contribution is -0.122. The predicted molar refractivity (Wildman–Crippen MR) is 99.3 cm³/mol. The fraction of sp³-hybridized carbons (Fsp3) is 0.650. The smallest absolute Gasteiger partial charge is 0.223 e. The molecule has 0 aromatic heterocycles. The summed E-state index contributed by atoms with van der Waals surface area (Å²) in [4.78, 5) is 16.8. The number of benzene rings is 1. The second-order valence-electron chi connectivity index (χ2n) is 7.33. The molecule has 2 heterocycles. The van der Waals surface area contributed by atoms with Gasteiger partial charge in [-0.25, -0.2) is 0 Å². The van der Waals surface area contributed by atoms with Crippen LogP contribution in [0, 0.1) is 5.92 Å². The lowest BCUT2D eigenvalue weighted by atomic mass is 10.0. The molecule has 2 saturated heterocycles. The first-order valence-corrected chi connectivity index (χ1v) is 9.60. The molecule has 2 aliphatic rings. The highest BCUT2D eigenvalue weighted by atomic mass is 16.5. The maximum atomic E-state index is 11.9. The fourth-order valence-corrected chi connectivity index (χ4v) is 4.02. The van der Waals surface area contributed by atoms with Crippen molar-refractivity contribution in [1.82, 2.24) is 9.80 Å². The third-order valence-corrected chi connectivity index (χ3v) is 5.53. The second-order valence-corrected chi connectivity index (χ2v) is 7.33. The van der Waals surface area contributed by atoms with Crippen LogP contribution in [-0.4, -0.2) is 67.7 Å². The number of nitrogens with zero attached hydrogens (tertiary/aromatic N) is 2. The molecule has 2 aliphatic heterocycles. The number of amides is 1. The predicted octanol–water partition coefficient (Wildman–Crippen LogP) is 1.52. The monoisotopic (exact) mass is 345 g/mol. The number of carbonyl (C=O) groups excluding carboxylic acids is 1. The number of hydrogen-bond acceptors (Lipinski definition) is 4. The van der Waals surface area contributed by atoms with Gasteiger partial charge in [0.15, 0.2) is 0 Å². The van der Waals surface area contributed by atoms with Crippen molar-refractivity contribution in [2.24, 2.45) is 11.7 Å². The van der Waals surface area contributed by atoms with E-state index < -0.39 is 0 Å². The maximum Gasteiger partial charge on any atom is 0.223 e. The van der Waals surface area contributed by atoms with E-state index in [2.05, 4.69) is 40.1 Å². The van der Waals surface area contributed by atoms with Crippen LogP contribution < -0.4 is 5.73 Å². The highest BCUT2D eigenvalue weighted by Gasteiger charge is 2.30. The first-order chi connectivity index (χ1) is 12.2. The van der Waals surface area contributed by atoms with Crippen LogP contribution in [-0.2, 0) is 16.0 Å². The van der Waals surface area contributed by atoms with E-state index in [0.717, 1.165) is 71.6 Å². The zero-order valence-electron chi connectivity index (χ0n) is 15.1. The Morgan fingerprint density at radius 2 is 1.88 bits per heavy atom.